The first kappa shape index (κ1) is 13.0. The summed E-state index contributed by atoms with van der Waals surface area (Å²) >= 11 is 6.16. The van der Waals surface area contributed by atoms with Gasteiger partial charge in [0.15, 0.2) is 0 Å². The van der Waals surface area contributed by atoms with Crippen LogP contribution in [-0.2, 0) is 4.79 Å². The molecule has 0 bridgehead atoms. The second-order valence-corrected chi connectivity index (χ2v) is 5.09. The highest BCUT2D eigenvalue weighted by Crippen LogP contribution is 2.32. The SMILES string of the molecule is CC1CCN(c2cccc(Cl)c2/C=C/C(=O)O)C1. The van der Waals surface area contributed by atoms with Gasteiger partial charge in [-0.25, -0.2) is 4.79 Å². The Morgan fingerprint density at radius 1 is 1.56 bits per heavy atom. The molecule has 1 aromatic rings. The summed E-state index contributed by atoms with van der Waals surface area (Å²) in [6.45, 7) is 4.21. The summed E-state index contributed by atoms with van der Waals surface area (Å²) in [6, 6.07) is 5.68. The Labute approximate surface area is 112 Å². The van der Waals surface area contributed by atoms with Crippen LogP contribution in [-0.4, -0.2) is 24.2 Å². The highest BCUT2D eigenvalue weighted by atomic mass is 35.5. The largest absolute Gasteiger partial charge is 0.478 e. The summed E-state index contributed by atoms with van der Waals surface area (Å²) in [7, 11) is 0. The first-order chi connectivity index (χ1) is 8.58. The summed E-state index contributed by atoms with van der Waals surface area (Å²) in [4.78, 5) is 12.9. The van der Waals surface area contributed by atoms with E-state index < -0.39 is 5.97 Å². The van der Waals surface area contributed by atoms with Crippen molar-refractivity contribution in [1.82, 2.24) is 0 Å². The number of nitrogens with zero attached hydrogens (tertiary/aromatic N) is 1. The molecule has 4 heteroatoms. The topological polar surface area (TPSA) is 40.5 Å². The fourth-order valence-electron chi connectivity index (χ4n) is 2.27. The van der Waals surface area contributed by atoms with E-state index in [9.17, 15) is 4.79 Å². The van der Waals surface area contributed by atoms with Crippen LogP contribution in [0.1, 0.15) is 18.9 Å². The van der Waals surface area contributed by atoms with Gasteiger partial charge in [0.25, 0.3) is 0 Å². The van der Waals surface area contributed by atoms with Crippen LogP contribution in [0.25, 0.3) is 6.08 Å². The van der Waals surface area contributed by atoms with Crippen molar-refractivity contribution in [3.63, 3.8) is 0 Å². The van der Waals surface area contributed by atoms with E-state index in [0.717, 1.165) is 36.8 Å². The molecule has 1 atom stereocenters. The van der Waals surface area contributed by atoms with Crippen molar-refractivity contribution in [2.24, 2.45) is 5.92 Å². The molecular weight excluding hydrogens is 250 g/mol. The predicted octanol–water partition coefficient (Wildman–Crippen LogP) is 3.28. The molecular formula is C14H16ClNO2. The second kappa shape index (κ2) is 5.44. The molecule has 0 amide bonds. The van der Waals surface area contributed by atoms with Crippen LogP contribution in [0.15, 0.2) is 24.3 Å². The summed E-state index contributed by atoms with van der Waals surface area (Å²) in [6.07, 6.45) is 3.86. The van der Waals surface area contributed by atoms with Crippen LogP contribution in [0.2, 0.25) is 5.02 Å². The number of carboxylic acid groups (broad SMARTS) is 1. The molecule has 3 nitrogen and oxygen atoms in total. The lowest BCUT2D eigenvalue weighted by Crippen LogP contribution is -2.20. The molecule has 1 heterocycles. The van der Waals surface area contributed by atoms with Gasteiger partial charge in [0.05, 0.1) is 0 Å². The first-order valence-electron chi connectivity index (χ1n) is 6.02. The maximum Gasteiger partial charge on any atom is 0.328 e. The van der Waals surface area contributed by atoms with Gasteiger partial charge in [-0.1, -0.05) is 24.6 Å². The van der Waals surface area contributed by atoms with Crippen molar-refractivity contribution in [1.29, 1.82) is 0 Å². The Balaban J connectivity index is 2.34. The van der Waals surface area contributed by atoms with E-state index in [2.05, 4.69) is 11.8 Å². The molecule has 1 aromatic carbocycles. The van der Waals surface area contributed by atoms with Gasteiger partial charge in [-0.2, -0.15) is 0 Å². The summed E-state index contributed by atoms with van der Waals surface area (Å²) in [5, 5.41) is 9.31. The van der Waals surface area contributed by atoms with Crippen molar-refractivity contribution in [2.75, 3.05) is 18.0 Å². The molecule has 96 valence electrons. The molecule has 2 rings (SSSR count). The van der Waals surface area contributed by atoms with E-state index in [1.165, 1.54) is 0 Å². The van der Waals surface area contributed by atoms with E-state index in [4.69, 9.17) is 16.7 Å². The van der Waals surface area contributed by atoms with E-state index in [1.807, 2.05) is 12.1 Å². The van der Waals surface area contributed by atoms with Gasteiger partial charge in [-0.05, 0) is 30.5 Å². The van der Waals surface area contributed by atoms with E-state index in [-0.39, 0.29) is 0 Å². The number of carbonyl (C=O) groups is 1. The Kier molecular flexibility index (Phi) is 3.92. The highest BCUT2D eigenvalue weighted by Gasteiger charge is 2.21. The third-order valence-corrected chi connectivity index (χ3v) is 3.52. The van der Waals surface area contributed by atoms with Gasteiger partial charge < -0.3 is 10.0 Å². The van der Waals surface area contributed by atoms with Crippen LogP contribution in [0.4, 0.5) is 5.69 Å². The number of aliphatic carboxylic acids is 1. The summed E-state index contributed by atoms with van der Waals surface area (Å²) in [5.74, 6) is -0.295. The quantitative estimate of drug-likeness (QED) is 0.853. The van der Waals surface area contributed by atoms with Crippen LogP contribution in [0, 0.1) is 5.92 Å². The minimum atomic E-state index is -0.962. The minimum Gasteiger partial charge on any atom is -0.478 e. The fourth-order valence-corrected chi connectivity index (χ4v) is 2.51. The van der Waals surface area contributed by atoms with Crippen molar-refractivity contribution in [3.8, 4) is 0 Å². The molecule has 1 fully saturated rings. The van der Waals surface area contributed by atoms with Gasteiger partial charge in [0.2, 0.25) is 0 Å². The number of halogens is 1. The Hall–Kier alpha value is -1.48. The standard InChI is InChI=1S/C14H16ClNO2/c1-10-7-8-16(9-10)13-4-2-3-12(15)11(13)5-6-14(17)18/h2-6,10H,7-9H2,1H3,(H,17,18)/b6-5+. The zero-order valence-electron chi connectivity index (χ0n) is 10.3. The van der Waals surface area contributed by atoms with Gasteiger partial charge in [0, 0.05) is 35.4 Å². The molecule has 1 aliphatic heterocycles. The number of carboxylic acids is 1. The lowest BCUT2D eigenvalue weighted by Gasteiger charge is -2.21. The molecule has 18 heavy (non-hydrogen) atoms. The number of rotatable bonds is 3. The van der Waals surface area contributed by atoms with Gasteiger partial charge >= 0.3 is 5.97 Å². The average Bonchev–Trinajstić information content (AvgIpc) is 2.73. The van der Waals surface area contributed by atoms with Crippen LogP contribution >= 0.6 is 11.6 Å². The molecule has 0 aliphatic carbocycles. The Morgan fingerprint density at radius 3 is 2.94 bits per heavy atom. The molecule has 0 radical (unpaired) electrons. The van der Waals surface area contributed by atoms with Crippen LogP contribution < -0.4 is 4.90 Å². The number of benzene rings is 1. The maximum absolute atomic E-state index is 10.6. The molecule has 1 N–H and O–H groups in total. The number of hydrogen-bond donors (Lipinski definition) is 1. The third-order valence-electron chi connectivity index (χ3n) is 3.19. The van der Waals surface area contributed by atoms with Crippen molar-refractivity contribution in [2.45, 2.75) is 13.3 Å². The van der Waals surface area contributed by atoms with Gasteiger partial charge in [-0.15, -0.1) is 0 Å². The summed E-state index contributed by atoms with van der Waals surface area (Å²) < 4.78 is 0. The van der Waals surface area contributed by atoms with Gasteiger partial charge in [-0.3, -0.25) is 0 Å². The zero-order chi connectivity index (χ0) is 13.1. The highest BCUT2D eigenvalue weighted by molar-refractivity contribution is 6.32. The zero-order valence-corrected chi connectivity index (χ0v) is 11.0. The van der Waals surface area contributed by atoms with Crippen LogP contribution in [0.5, 0.6) is 0 Å². The van der Waals surface area contributed by atoms with Crippen molar-refractivity contribution >= 4 is 29.3 Å². The Bertz CT molecular complexity index is 485. The molecule has 1 saturated heterocycles. The number of anilines is 1. The molecule has 1 aliphatic rings. The van der Waals surface area contributed by atoms with Gasteiger partial charge in [0.1, 0.15) is 0 Å². The van der Waals surface area contributed by atoms with E-state index >= 15 is 0 Å². The second-order valence-electron chi connectivity index (χ2n) is 4.68. The number of hydrogen-bond acceptors (Lipinski definition) is 2. The van der Waals surface area contributed by atoms with Crippen LogP contribution in [0.3, 0.4) is 0 Å². The average molecular weight is 266 g/mol. The van der Waals surface area contributed by atoms with Crippen molar-refractivity contribution < 1.29 is 9.90 Å². The van der Waals surface area contributed by atoms with E-state index in [0.29, 0.717) is 10.9 Å². The minimum absolute atomic E-state index is 0.588. The maximum atomic E-state index is 10.6. The summed E-state index contributed by atoms with van der Waals surface area (Å²) in [5.41, 5.74) is 1.81. The normalized spacial score (nSPS) is 19.7. The van der Waals surface area contributed by atoms with Crippen molar-refractivity contribution in [3.05, 3.63) is 34.9 Å². The fraction of sp³-hybridized carbons (Fsp3) is 0.357. The monoisotopic (exact) mass is 265 g/mol. The predicted molar refractivity (Wildman–Crippen MR) is 74.1 cm³/mol. The first-order valence-corrected chi connectivity index (χ1v) is 6.40. The molecule has 0 aromatic heterocycles. The smallest absolute Gasteiger partial charge is 0.328 e. The Morgan fingerprint density at radius 2 is 2.33 bits per heavy atom. The molecule has 0 spiro atoms. The van der Waals surface area contributed by atoms with E-state index in [1.54, 1.807) is 12.1 Å². The molecule has 1 unspecified atom stereocenters. The molecule has 0 saturated carbocycles. The third kappa shape index (κ3) is 2.85. The lowest BCUT2D eigenvalue weighted by molar-refractivity contribution is -0.131. The lowest BCUT2D eigenvalue weighted by atomic mass is 10.1.